The van der Waals surface area contributed by atoms with E-state index in [1.54, 1.807) is 19.2 Å². The van der Waals surface area contributed by atoms with Gasteiger partial charge in [0.15, 0.2) is 0 Å². The number of aliphatic hydroxyl groups excluding tert-OH is 1. The van der Waals surface area contributed by atoms with Crippen LogP contribution in [0, 0.1) is 5.41 Å². The molecule has 0 aliphatic carbocycles. The van der Waals surface area contributed by atoms with Gasteiger partial charge in [0.2, 0.25) is 0 Å². The summed E-state index contributed by atoms with van der Waals surface area (Å²) in [6.45, 7) is 5.76. The highest BCUT2D eigenvalue weighted by atomic mass is 16.5. The summed E-state index contributed by atoms with van der Waals surface area (Å²) >= 11 is 0. The maximum atomic E-state index is 12.1. The zero-order valence-corrected chi connectivity index (χ0v) is 14.9. The molecule has 0 saturated heterocycles. The first-order valence-corrected chi connectivity index (χ1v) is 8.00. The SMILES string of the molecule is COc1ccc(C(N(C(=O)O)c2cc(CO)ccn2)C(C)(C)C)cc1. The first-order valence-electron chi connectivity index (χ1n) is 8.00. The van der Waals surface area contributed by atoms with Gasteiger partial charge in [-0.3, -0.25) is 4.90 Å². The van der Waals surface area contributed by atoms with Crippen LogP contribution in [0.1, 0.15) is 37.9 Å². The molecule has 0 radical (unpaired) electrons. The molecule has 2 aromatic rings. The predicted octanol–water partition coefficient (Wildman–Crippen LogP) is 3.85. The highest BCUT2D eigenvalue weighted by Gasteiger charge is 2.36. The maximum Gasteiger partial charge on any atom is 0.413 e. The summed E-state index contributed by atoms with van der Waals surface area (Å²) in [5.41, 5.74) is 1.06. The van der Waals surface area contributed by atoms with E-state index in [1.807, 2.05) is 45.0 Å². The number of amides is 1. The van der Waals surface area contributed by atoms with Crippen LogP contribution in [0.3, 0.4) is 0 Å². The van der Waals surface area contributed by atoms with Crippen molar-refractivity contribution in [1.82, 2.24) is 4.98 Å². The number of aromatic nitrogens is 1. The Hall–Kier alpha value is -2.60. The Morgan fingerprint density at radius 1 is 1.24 bits per heavy atom. The van der Waals surface area contributed by atoms with Gasteiger partial charge in [0.1, 0.15) is 11.6 Å². The molecule has 1 aromatic heterocycles. The molecule has 1 aromatic carbocycles. The molecule has 0 bridgehead atoms. The number of carbonyl (C=O) groups is 1. The standard InChI is InChI=1S/C19H24N2O4/c1-19(2,3)17(14-5-7-15(25-4)8-6-14)21(18(23)24)16-11-13(12-22)9-10-20-16/h5-11,17,22H,12H2,1-4H3,(H,23,24). The first kappa shape index (κ1) is 18.7. The fraction of sp³-hybridized carbons (Fsp3) is 0.368. The molecular weight excluding hydrogens is 320 g/mol. The number of carboxylic acid groups (broad SMARTS) is 1. The molecule has 1 amide bonds. The normalized spacial score (nSPS) is 12.5. The number of ether oxygens (including phenoxy) is 1. The van der Waals surface area contributed by atoms with Crippen LogP contribution in [0.5, 0.6) is 5.75 Å². The number of pyridine rings is 1. The van der Waals surface area contributed by atoms with Gasteiger partial charge in [-0.05, 0) is 40.8 Å². The molecule has 1 unspecified atom stereocenters. The minimum atomic E-state index is -1.10. The molecule has 6 nitrogen and oxygen atoms in total. The van der Waals surface area contributed by atoms with E-state index in [0.29, 0.717) is 11.3 Å². The summed E-state index contributed by atoms with van der Waals surface area (Å²) < 4.78 is 5.19. The smallest absolute Gasteiger partial charge is 0.413 e. The van der Waals surface area contributed by atoms with Crippen molar-refractivity contribution in [3.8, 4) is 5.75 Å². The van der Waals surface area contributed by atoms with E-state index in [4.69, 9.17) is 4.74 Å². The van der Waals surface area contributed by atoms with Gasteiger partial charge in [-0.15, -0.1) is 0 Å². The zero-order chi connectivity index (χ0) is 18.6. The largest absolute Gasteiger partial charge is 0.497 e. The lowest BCUT2D eigenvalue weighted by molar-refractivity contribution is 0.189. The van der Waals surface area contributed by atoms with E-state index in [9.17, 15) is 15.0 Å². The lowest BCUT2D eigenvalue weighted by Gasteiger charge is -2.38. The average molecular weight is 344 g/mol. The minimum Gasteiger partial charge on any atom is -0.497 e. The molecule has 0 aliphatic rings. The number of anilines is 1. The molecule has 25 heavy (non-hydrogen) atoms. The van der Waals surface area contributed by atoms with Gasteiger partial charge in [0.25, 0.3) is 0 Å². The summed E-state index contributed by atoms with van der Waals surface area (Å²) in [6, 6.07) is 10.1. The fourth-order valence-electron chi connectivity index (χ4n) is 2.85. The first-order chi connectivity index (χ1) is 11.8. The average Bonchev–Trinajstić information content (AvgIpc) is 2.58. The zero-order valence-electron chi connectivity index (χ0n) is 14.9. The maximum absolute atomic E-state index is 12.1. The molecule has 134 valence electrons. The van der Waals surface area contributed by atoms with E-state index < -0.39 is 12.1 Å². The Kier molecular flexibility index (Phi) is 5.64. The van der Waals surface area contributed by atoms with Crippen LogP contribution in [0.2, 0.25) is 0 Å². The Balaban J connectivity index is 2.56. The van der Waals surface area contributed by atoms with Crippen molar-refractivity contribution in [3.05, 3.63) is 53.7 Å². The van der Waals surface area contributed by atoms with Crippen molar-refractivity contribution >= 4 is 11.9 Å². The van der Waals surface area contributed by atoms with Gasteiger partial charge in [-0.25, -0.2) is 9.78 Å². The lowest BCUT2D eigenvalue weighted by atomic mass is 9.81. The second kappa shape index (κ2) is 7.53. The summed E-state index contributed by atoms with van der Waals surface area (Å²) in [4.78, 5) is 17.5. The number of aliphatic hydroxyl groups is 1. The van der Waals surface area contributed by atoms with Crippen LogP contribution in [0.25, 0.3) is 0 Å². The van der Waals surface area contributed by atoms with Gasteiger partial charge >= 0.3 is 6.09 Å². The minimum absolute atomic E-state index is 0.175. The second-order valence-electron chi connectivity index (χ2n) is 6.87. The second-order valence-corrected chi connectivity index (χ2v) is 6.87. The third kappa shape index (κ3) is 4.28. The molecule has 6 heteroatoms. The summed E-state index contributed by atoms with van der Waals surface area (Å²) in [5.74, 6) is 0.994. The van der Waals surface area contributed by atoms with Crippen molar-refractivity contribution in [1.29, 1.82) is 0 Å². The number of hydrogen-bond acceptors (Lipinski definition) is 4. The number of nitrogens with zero attached hydrogens (tertiary/aromatic N) is 2. The van der Waals surface area contributed by atoms with Crippen LogP contribution in [0.15, 0.2) is 42.6 Å². The third-order valence-corrected chi connectivity index (χ3v) is 3.96. The van der Waals surface area contributed by atoms with Crippen LogP contribution in [-0.4, -0.2) is 28.4 Å². The van der Waals surface area contributed by atoms with E-state index >= 15 is 0 Å². The summed E-state index contributed by atoms with van der Waals surface area (Å²) in [6.07, 6.45) is 0.406. The third-order valence-electron chi connectivity index (χ3n) is 3.96. The Morgan fingerprint density at radius 2 is 1.88 bits per heavy atom. The van der Waals surface area contributed by atoms with Gasteiger partial charge in [0, 0.05) is 6.20 Å². The molecule has 0 fully saturated rings. The predicted molar refractivity (Wildman–Crippen MR) is 95.9 cm³/mol. The van der Waals surface area contributed by atoms with Gasteiger partial charge < -0.3 is 14.9 Å². The van der Waals surface area contributed by atoms with E-state index in [1.165, 1.54) is 11.1 Å². The van der Waals surface area contributed by atoms with E-state index in [-0.39, 0.29) is 17.8 Å². The summed E-state index contributed by atoms with van der Waals surface area (Å²) in [7, 11) is 1.59. The molecule has 2 rings (SSSR count). The fourth-order valence-corrected chi connectivity index (χ4v) is 2.85. The van der Waals surface area contributed by atoms with Crippen molar-refractivity contribution in [2.45, 2.75) is 33.4 Å². The molecule has 0 spiro atoms. The van der Waals surface area contributed by atoms with Crippen LogP contribution in [0.4, 0.5) is 10.6 Å². The van der Waals surface area contributed by atoms with Crippen LogP contribution >= 0.6 is 0 Å². The highest BCUT2D eigenvalue weighted by Crippen LogP contribution is 2.40. The molecule has 1 atom stereocenters. The Bertz CT molecular complexity index is 723. The van der Waals surface area contributed by atoms with Crippen LogP contribution in [-0.2, 0) is 6.61 Å². The Morgan fingerprint density at radius 3 is 2.36 bits per heavy atom. The van der Waals surface area contributed by atoms with Crippen molar-refractivity contribution in [2.75, 3.05) is 12.0 Å². The van der Waals surface area contributed by atoms with Gasteiger partial charge in [-0.1, -0.05) is 32.9 Å². The number of rotatable bonds is 5. The summed E-state index contributed by atoms with van der Waals surface area (Å²) in [5, 5.41) is 19.2. The Labute approximate surface area is 147 Å². The van der Waals surface area contributed by atoms with Gasteiger partial charge in [0.05, 0.1) is 19.8 Å². The molecule has 0 saturated carbocycles. The van der Waals surface area contributed by atoms with Crippen molar-refractivity contribution in [3.63, 3.8) is 0 Å². The van der Waals surface area contributed by atoms with E-state index in [2.05, 4.69) is 4.98 Å². The quantitative estimate of drug-likeness (QED) is 0.861. The molecular formula is C19H24N2O4. The number of hydrogen-bond donors (Lipinski definition) is 2. The van der Waals surface area contributed by atoms with Crippen molar-refractivity contribution < 1.29 is 19.7 Å². The van der Waals surface area contributed by atoms with Gasteiger partial charge in [-0.2, -0.15) is 0 Å². The number of methoxy groups -OCH3 is 1. The molecule has 1 heterocycles. The number of benzene rings is 1. The topological polar surface area (TPSA) is 82.9 Å². The molecule has 0 aliphatic heterocycles. The monoisotopic (exact) mass is 344 g/mol. The lowest BCUT2D eigenvalue weighted by Crippen LogP contribution is -2.41. The molecule has 2 N–H and O–H groups in total. The highest BCUT2D eigenvalue weighted by molar-refractivity contribution is 5.86. The van der Waals surface area contributed by atoms with E-state index in [0.717, 1.165) is 5.56 Å². The van der Waals surface area contributed by atoms with Crippen molar-refractivity contribution in [2.24, 2.45) is 5.41 Å². The van der Waals surface area contributed by atoms with Crippen LogP contribution < -0.4 is 9.64 Å².